The molecule has 0 aliphatic carbocycles. The Labute approximate surface area is 246 Å². The third kappa shape index (κ3) is 6.12. The van der Waals surface area contributed by atoms with E-state index >= 15 is 0 Å². The van der Waals surface area contributed by atoms with Gasteiger partial charge in [0.1, 0.15) is 13.2 Å². The third-order valence-electron chi connectivity index (χ3n) is 8.30. The normalized spacial score (nSPS) is 15.9. The molecule has 1 aliphatic heterocycles. The van der Waals surface area contributed by atoms with E-state index in [1.807, 2.05) is 108 Å². The van der Waals surface area contributed by atoms with Crippen molar-refractivity contribution in [1.82, 2.24) is 14.5 Å². The van der Waals surface area contributed by atoms with Crippen molar-refractivity contribution in [2.75, 3.05) is 13.1 Å². The fourth-order valence-corrected chi connectivity index (χ4v) is 5.88. The standard InChI is InChI=1S/C35H37N3O4/c1-25(37-20-18-29(19-21-37)38-31-15-9-8-14-30(31)36-35(38)40)34(39)28-16-17-32(41-23-26-10-4-2-5-11-26)33(22-28)42-24-27-12-6-3-7-13-27/h2-17,22,25,29,34,39H,18-21,23-24H2,1H3,(H,36,40). The maximum absolute atomic E-state index is 12.7. The van der Waals surface area contributed by atoms with Crippen LogP contribution in [0.4, 0.5) is 0 Å². The molecule has 2 N–H and O–H groups in total. The summed E-state index contributed by atoms with van der Waals surface area (Å²) >= 11 is 0. The number of nitrogens with one attached hydrogen (secondary N) is 1. The Balaban J connectivity index is 1.15. The van der Waals surface area contributed by atoms with Gasteiger partial charge < -0.3 is 19.6 Å². The Morgan fingerprint density at radius 3 is 2.07 bits per heavy atom. The van der Waals surface area contributed by atoms with Crippen molar-refractivity contribution in [3.05, 3.63) is 130 Å². The van der Waals surface area contributed by atoms with E-state index in [4.69, 9.17) is 9.47 Å². The molecule has 0 radical (unpaired) electrons. The summed E-state index contributed by atoms with van der Waals surface area (Å²) < 4.78 is 14.3. The van der Waals surface area contributed by atoms with Crippen LogP contribution in [0.15, 0.2) is 108 Å². The van der Waals surface area contributed by atoms with Crippen LogP contribution in [-0.2, 0) is 13.2 Å². The van der Waals surface area contributed by atoms with Crippen LogP contribution in [0.5, 0.6) is 11.5 Å². The molecule has 7 heteroatoms. The van der Waals surface area contributed by atoms with E-state index in [0.717, 1.165) is 53.7 Å². The minimum atomic E-state index is -0.709. The Morgan fingerprint density at radius 2 is 1.40 bits per heavy atom. The van der Waals surface area contributed by atoms with Crippen LogP contribution < -0.4 is 15.2 Å². The first kappa shape index (κ1) is 27.8. The van der Waals surface area contributed by atoms with Crippen LogP contribution in [0, 0.1) is 0 Å². The number of nitrogens with zero attached hydrogens (tertiary/aromatic N) is 2. The van der Waals surface area contributed by atoms with Gasteiger partial charge in [0.2, 0.25) is 0 Å². The number of rotatable bonds is 10. The molecule has 5 aromatic rings. The average molecular weight is 564 g/mol. The van der Waals surface area contributed by atoms with Crippen LogP contribution in [0.3, 0.4) is 0 Å². The number of para-hydroxylation sites is 2. The van der Waals surface area contributed by atoms with Gasteiger partial charge in [-0.1, -0.05) is 78.9 Å². The largest absolute Gasteiger partial charge is 0.485 e. The first-order valence-corrected chi connectivity index (χ1v) is 14.7. The molecule has 0 saturated carbocycles. The molecule has 1 saturated heterocycles. The highest BCUT2D eigenvalue weighted by molar-refractivity contribution is 5.75. The number of ether oxygens (including phenoxy) is 2. The fourth-order valence-electron chi connectivity index (χ4n) is 5.88. The Bertz CT molecular complexity index is 1660. The number of aromatic amines is 1. The van der Waals surface area contributed by atoms with Crippen LogP contribution in [0.25, 0.3) is 11.0 Å². The summed E-state index contributed by atoms with van der Waals surface area (Å²) in [5.41, 5.74) is 4.68. The number of imidazole rings is 1. The molecule has 0 spiro atoms. The second kappa shape index (κ2) is 12.7. The zero-order chi connectivity index (χ0) is 28.9. The average Bonchev–Trinajstić information content (AvgIpc) is 3.39. The minimum absolute atomic E-state index is 0.0552. The first-order chi connectivity index (χ1) is 20.6. The summed E-state index contributed by atoms with van der Waals surface area (Å²) in [4.78, 5) is 18.0. The van der Waals surface area contributed by atoms with Gasteiger partial charge in [-0.15, -0.1) is 0 Å². The van der Waals surface area contributed by atoms with Gasteiger partial charge in [0.15, 0.2) is 11.5 Å². The van der Waals surface area contributed by atoms with Crippen LogP contribution in [-0.4, -0.2) is 38.7 Å². The molecule has 42 heavy (non-hydrogen) atoms. The lowest BCUT2D eigenvalue weighted by molar-refractivity contribution is 0.0384. The molecule has 2 unspecified atom stereocenters. The summed E-state index contributed by atoms with van der Waals surface area (Å²) in [5, 5.41) is 11.5. The van der Waals surface area contributed by atoms with Gasteiger partial charge in [-0.25, -0.2) is 4.79 Å². The molecule has 7 nitrogen and oxygen atoms in total. The zero-order valence-corrected chi connectivity index (χ0v) is 23.9. The number of aromatic nitrogens is 2. The minimum Gasteiger partial charge on any atom is -0.485 e. The van der Waals surface area contributed by atoms with Gasteiger partial charge in [0.05, 0.1) is 17.1 Å². The van der Waals surface area contributed by atoms with Gasteiger partial charge >= 0.3 is 5.69 Å². The van der Waals surface area contributed by atoms with Crippen molar-refractivity contribution in [2.45, 2.75) is 51.2 Å². The molecule has 6 rings (SSSR count). The SMILES string of the molecule is CC(C(O)c1ccc(OCc2ccccc2)c(OCc2ccccc2)c1)N1CCC(n2c(=O)[nH]c3ccccc32)CC1. The highest BCUT2D eigenvalue weighted by atomic mass is 16.5. The summed E-state index contributed by atoms with van der Waals surface area (Å²) in [7, 11) is 0. The van der Waals surface area contributed by atoms with E-state index in [2.05, 4.69) is 16.8 Å². The number of hydrogen-bond donors (Lipinski definition) is 2. The van der Waals surface area contributed by atoms with Crippen LogP contribution >= 0.6 is 0 Å². The number of fused-ring (bicyclic) bond motifs is 1. The van der Waals surface area contributed by atoms with Gasteiger partial charge in [0, 0.05) is 25.2 Å². The molecule has 2 heterocycles. The molecular formula is C35H37N3O4. The topological polar surface area (TPSA) is 79.7 Å². The van der Waals surface area contributed by atoms with E-state index in [-0.39, 0.29) is 17.8 Å². The molecular weight excluding hydrogens is 526 g/mol. The lowest BCUT2D eigenvalue weighted by Crippen LogP contribution is -2.44. The second-order valence-electron chi connectivity index (χ2n) is 11.0. The van der Waals surface area contributed by atoms with Gasteiger partial charge in [-0.3, -0.25) is 9.47 Å². The molecule has 1 fully saturated rings. The Kier molecular flexibility index (Phi) is 8.40. The summed E-state index contributed by atoms with van der Waals surface area (Å²) in [5.74, 6) is 1.25. The fraction of sp³-hybridized carbons (Fsp3) is 0.286. The van der Waals surface area contributed by atoms with E-state index in [1.54, 1.807) is 0 Å². The van der Waals surface area contributed by atoms with Gasteiger partial charge in [-0.05, 0) is 60.7 Å². The number of aliphatic hydroxyl groups excluding tert-OH is 1. The Morgan fingerprint density at radius 1 is 0.810 bits per heavy atom. The quantitative estimate of drug-likeness (QED) is 0.210. The molecule has 216 valence electrons. The molecule has 4 aromatic carbocycles. The highest BCUT2D eigenvalue weighted by Gasteiger charge is 2.30. The molecule has 1 aliphatic rings. The summed E-state index contributed by atoms with van der Waals surface area (Å²) in [6.45, 7) is 4.48. The number of likely N-dealkylation sites (tertiary alicyclic amines) is 1. The number of hydrogen-bond acceptors (Lipinski definition) is 5. The van der Waals surface area contributed by atoms with Gasteiger partial charge in [0.25, 0.3) is 0 Å². The van der Waals surface area contributed by atoms with E-state index < -0.39 is 6.10 Å². The smallest absolute Gasteiger partial charge is 0.326 e. The van der Waals surface area contributed by atoms with Crippen molar-refractivity contribution in [2.24, 2.45) is 0 Å². The molecule has 2 atom stereocenters. The monoisotopic (exact) mass is 563 g/mol. The van der Waals surface area contributed by atoms with Crippen molar-refractivity contribution >= 4 is 11.0 Å². The van der Waals surface area contributed by atoms with Crippen molar-refractivity contribution in [3.63, 3.8) is 0 Å². The summed E-state index contributed by atoms with van der Waals surface area (Å²) in [6.07, 6.45) is 0.979. The maximum Gasteiger partial charge on any atom is 0.326 e. The first-order valence-electron chi connectivity index (χ1n) is 14.7. The second-order valence-corrected chi connectivity index (χ2v) is 11.0. The molecule has 0 bridgehead atoms. The van der Waals surface area contributed by atoms with E-state index in [1.165, 1.54) is 0 Å². The number of H-pyrrole nitrogens is 1. The number of aliphatic hydroxyl groups is 1. The highest BCUT2D eigenvalue weighted by Crippen LogP contribution is 2.35. The van der Waals surface area contributed by atoms with Crippen molar-refractivity contribution < 1.29 is 14.6 Å². The van der Waals surface area contributed by atoms with E-state index in [0.29, 0.717) is 24.7 Å². The number of piperidine rings is 1. The van der Waals surface area contributed by atoms with Crippen molar-refractivity contribution in [1.29, 1.82) is 0 Å². The third-order valence-corrected chi connectivity index (χ3v) is 8.30. The van der Waals surface area contributed by atoms with Crippen LogP contribution in [0.2, 0.25) is 0 Å². The summed E-state index contributed by atoms with van der Waals surface area (Å²) in [6, 6.07) is 33.6. The predicted octanol–water partition coefficient (Wildman–Crippen LogP) is 6.25. The van der Waals surface area contributed by atoms with Crippen molar-refractivity contribution in [3.8, 4) is 11.5 Å². The van der Waals surface area contributed by atoms with Gasteiger partial charge in [-0.2, -0.15) is 0 Å². The Hall–Kier alpha value is -4.33. The zero-order valence-electron chi connectivity index (χ0n) is 23.9. The lowest BCUT2D eigenvalue weighted by atomic mass is 9.97. The van der Waals surface area contributed by atoms with E-state index in [9.17, 15) is 9.90 Å². The predicted molar refractivity (Wildman–Crippen MR) is 165 cm³/mol. The molecule has 0 amide bonds. The lowest BCUT2D eigenvalue weighted by Gasteiger charge is -2.38. The molecule has 1 aromatic heterocycles. The van der Waals surface area contributed by atoms with Crippen LogP contribution in [0.1, 0.15) is 48.6 Å². The number of benzene rings is 4. The maximum atomic E-state index is 12.7.